The average molecular weight is 241 g/mol. The van der Waals surface area contributed by atoms with E-state index in [2.05, 4.69) is 29.4 Å². The summed E-state index contributed by atoms with van der Waals surface area (Å²) in [7, 11) is 0. The topological polar surface area (TPSA) is 53.9 Å². The van der Waals surface area contributed by atoms with Gasteiger partial charge in [-0.05, 0) is 26.0 Å². The molecule has 0 radical (unpaired) electrons. The molecule has 3 rings (SSSR count). The summed E-state index contributed by atoms with van der Waals surface area (Å²) >= 11 is 0. The van der Waals surface area contributed by atoms with Crippen molar-refractivity contribution in [1.82, 2.24) is 10.2 Å². The average Bonchev–Trinajstić information content (AvgIpc) is 2.93. The first kappa shape index (κ1) is 10.9. The minimum Gasteiger partial charge on any atom is -0.454 e. The molecule has 0 bridgehead atoms. The Morgan fingerprint density at radius 1 is 1.22 bits per heavy atom. The van der Waals surface area contributed by atoms with Crippen molar-refractivity contribution < 1.29 is 4.42 Å². The predicted molar refractivity (Wildman–Crippen MR) is 72.6 cm³/mol. The number of anilines is 1. The van der Waals surface area contributed by atoms with Crippen LogP contribution in [0.4, 0.5) is 5.82 Å². The van der Waals surface area contributed by atoms with Gasteiger partial charge in [0.1, 0.15) is 17.1 Å². The molecular weight excluding hydrogens is 226 g/mol. The lowest BCUT2D eigenvalue weighted by Gasteiger charge is -2.03. The van der Waals surface area contributed by atoms with Gasteiger partial charge in [-0.3, -0.25) is 5.10 Å². The molecule has 3 aromatic rings. The number of rotatable bonds is 3. The van der Waals surface area contributed by atoms with Crippen LogP contribution in [-0.4, -0.2) is 16.2 Å². The largest absolute Gasteiger partial charge is 0.454 e. The first-order valence-corrected chi connectivity index (χ1v) is 6.03. The number of para-hydroxylation sites is 1. The van der Waals surface area contributed by atoms with E-state index in [9.17, 15) is 0 Å². The number of fused-ring (bicyclic) bond motifs is 1. The second-order valence-electron chi connectivity index (χ2n) is 4.61. The van der Waals surface area contributed by atoms with Crippen molar-refractivity contribution >= 4 is 16.8 Å². The second-order valence-corrected chi connectivity index (χ2v) is 4.61. The normalized spacial score (nSPS) is 11.3. The minimum atomic E-state index is 0.358. The first-order valence-electron chi connectivity index (χ1n) is 6.03. The highest BCUT2D eigenvalue weighted by Gasteiger charge is 2.09. The third-order valence-corrected chi connectivity index (χ3v) is 2.71. The summed E-state index contributed by atoms with van der Waals surface area (Å²) in [5.41, 5.74) is 1.77. The molecule has 1 aromatic carbocycles. The Labute approximate surface area is 105 Å². The Balaban J connectivity index is 1.96. The summed E-state index contributed by atoms with van der Waals surface area (Å²) in [4.78, 5) is 0. The molecule has 0 atom stereocenters. The molecule has 0 unspecified atom stereocenters. The monoisotopic (exact) mass is 241 g/mol. The molecule has 0 aliphatic rings. The van der Waals surface area contributed by atoms with Crippen LogP contribution in [0.3, 0.4) is 0 Å². The first-order chi connectivity index (χ1) is 8.72. The number of nitrogens with zero attached hydrogens (tertiary/aromatic N) is 1. The Morgan fingerprint density at radius 3 is 2.83 bits per heavy atom. The Bertz CT molecular complexity index is 633. The van der Waals surface area contributed by atoms with Crippen LogP contribution in [0.2, 0.25) is 0 Å². The number of H-pyrrole nitrogens is 1. The van der Waals surface area contributed by atoms with Gasteiger partial charge in [0.05, 0.1) is 0 Å². The van der Waals surface area contributed by atoms with E-state index in [-0.39, 0.29) is 0 Å². The van der Waals surface area contributed by atoms with Crippen molar-refractivity contribution in [2.75, 3.05) is 5.32 Å². The van der Waals surface area contributed by atoms with E-state index in [4.69, 9.17) is 4.42 Å². The molecule has 0 spiro atoms. The molecule has 0 saturated carbocycles. The summed E-state index contributed by atoms with van der Waals surface area (Å²) in [5, 5.41) is 11.5. The third kappa shape index (κ3) is 1.97. The smallest absolute Gasteiger partial charge is 0.153 e. The molecule has 2 heterocycles. The van der Waals surface area contributed by atoms with Gasteiger partial charge in [-0.15, -0.1) is 0 Å². The lowest BCUT2D eigenvalue weighted by molar-refractivity contribution is 0.628. The van der Waals surface area contributed by atoms with Crippen LogP contribution in [0.5, 0.6) is 0 Å². The highest BCUT2D eigenvalue weighted by Crippen LogP contribution is 2.27. The molecule has 92 valence electrons. The second kappa shape index (κ2) is 4.22. The zero-order chi connectivity index (χ0) is 12.5. The summed E-state index contributed by atoms with van der Waals surface area (Å²) in [6, 6.07) is 12.3. The van der Waals surface area contributed by atoms with Gasteiger partial charge < -0.3 is 9.73 Å². The van der Waals surface area contributed by atoms with Crippen LogP contribution in [0, 0.1) is 0 Å². The van der Waals surface area contributed by atoms with Crippen LogP contribution in [-0.2, 0) is 0 Å². The molecule has 0 fully saturated rings. The fraction of sp³-hybridized carbons (Fsp3) is 0.214. The van der Waals surface area contributed by atoms with Crippen molar-refractivity contribution in [3.8, 4) is 11.5 Å². The van der Waals surface area contributed by atoms with Crippen molar-refractivity contribution in [2.24, 2.45) is 0 Å². The van der Waals surface area contributed by atoms with Crippen molar-refractivity contribution in [2.45, 2.75) is 19.9 Å². The standard InChI is InChI=1S/C14H15N3O/c1-9(2)15-14-8-11(16-17-14)13-7-10-5-3-4-6-12(10)18-13/h3-9H,1-2H3,(H2,15,16,17). The molecule has 0 saturated heterocycles. The van der Waals surface area contributed by atoms with Gasteiger partial charge in [0.25, 0.3) is 0 Å². The number of aromatic amines is 1. The molecule has 2 N–H and O–H groups in total. The molecule has 0 aliphatic carbocycles. The fourth-order valence-electron chi connectivity index (χ4n) is 1.93. The molecule has 2 aromatic heterocycles. The summed E-state index contributed by atoms with van der Waals surface area (Å²) in [5.74, 6) is 1.64. The van der Waals surface area contributed by atoms with Crippen molar-refractivity contribution in [1.29, 1.82) is 0 Å². The van der Waals surface area contributed by atoms with Gasteiger partial charge in [-0.2, -0.15) is 5.10 Å². The Kier molecular flexibility index (Phi) is 2.55. The fourth-order valence-corrected chi connectivity index (χ4v) is 1.93. The van der Waals surface area contributed by atoms with Crippen molar-refractivity contribution in [3.63, 3.8) is 0 Å². The van der Waals surface area contributed by atoms with Crippen LogP contribution < -0.4 is 5.32 Å². The van der Waals surface area contributed by atoms with Crippen LogP contribution in [0.1, 0.15) is 13.8 Å². The number of furan rings is 1. The Hall–Kier alpha value is -2.23. The lowest BCUT2D eigenvalue weighted by atomic mass is 10.2. The van der Waals surface area contributed by atoms with E-state index >= 15 is 0 Å². The van der Waals surface area contributed by atoms with Gasteiger partial charge in [0.15, 0.2) is 5.76 Å². The van der Waals surface area contributed by atoms with Crippen LogP contribution in [0.15, 0.2) is 40.8 Å². The van der Waals surface area contributed by atoms with E-state index < -0.39 is 0 Å². The van der Waals surface area contributed by atoms with Crippen LogP contribution in [0.25, 0.3) is 22.4 Å². The summed E-state index contributed by atoms with van der Waals surface area (Å²) < 4.78 is 5.77. The molecule has 4 nitrogen and oxygen atoms in total. The summed E-state index contributed by atoms with van der Waals surface area (Å²) in [6.45, 7) is 4.16. The van der Waals surface area contributed by atoms with E-state index in [0.717, 1.165) is 28.2 Å². The van der Waals surface area contributed by atoms with E-state index in [1.165, 1.54) is 0 Å². The molecule has 4 heteroatoms. The number of aromatic nitrogens is 2. The van der Waals surface area contributed by atoms with Gasteiger partial charge in [0.2, 0.25) is 0 Å². The molecule has 0 aliphatic heterocycles. The minimum absolute atomic E-state index is 0.358. The molecular formula is C14H15N3O. The number of nitrogens with one attached hydrogen (secondary N) is 2. The highest BCUT2D eigenvalue weighted by atomic mass is 16.3. The molecule has 0 amide bonds. The van der Waals surface area contributed by atoms with Gasteiger partial charge in [0, 0.05) is 17.5 Å². The van der Waals surface area contributed by atoms with Crippen molar-refractivity contribution in [3.05, 3.63) is 36.4 Å². The van der Waals surface area contributed by atoms with E-state index in [0.29, 0.717) is 6.04 Å². The zero-order valence-corrected chi connectivity index (χ0v) is 10.4. The number of hydrogen-bond donors (Lipinski definition) is 2. The van der Waals surface area contributed by atoms with E-state index in [1.54, 1.807) is 0 Å². The maximum absolute atomic E-state index is 5.77. The van der Waals surface area contributed by atoms with Gasteiger partial charge in [-0.1, -0.05) is 18.2 Å². The van der Waals surface area contributed by atoms with Gasteiger partial charge in [-0.25, -0.2) is 0 Å². The SMILES string of the molecule is CC(C)Nc1cc(-c2cc3ccccc3o2)[nH]n1. The predicted octanol–water partition coefficient (Wildman–Crippen LogP) is 3.64. The zero-order valence-electron chi connectivity index (χ0n) is 10.4. The quantitative estimate of drug-likeness (QED) is 0.736. The van der Waals surface area contributed by atoms with Crippen LogP contribution >= 0.6 is 0 Å². The maximum atomic E-state index is 5.77. The Morgan fingerprint density at radius 2 is 2.06 bits per heavy atom. The molecule has 18 heavy (non-hydrogen) atoms. The number of hydrogen-bond acceptors (Lipinski definition) is 3. The lowest BCUT2D eigenvalue weighted by Crippen LogP contribution is -2.09. The maximum Gasteiger partial charge on any atom is 0.153 e. The van der Waals surface area contributed by atoms with E-state index in [1.807, 2.05) is 36.4 Å². The third-order valence-electron chi connectivity index (χ3n) is 2.71. The summed E-state index contributed by atoms with van der Waals surface area (Å²) in [6.07, 6.45) is 0. The van der Waals surface area contributed by atoms with Gasteiger partial charge >= 0.3 is 0 Å². The highest BCUT2D eigenvalue weighted by molar-refractivity contribution is 5.82. The number of benzene rings is 1.